The second-order valence-electron chi connectivity index (χ2n) is 9.63. The summed E-state index contributed by atoms with van der Waals surface area (Å²) in [4.78, 5) is 35.7. The van der Waals surface area contributed by atoms with Gasteiger partial charge < -0.3 is 18.9 Å². The lowest BCUT2D eigenvalue weighted by molar-refractivity contribution is -0.0951. The minimum atomic E-state index is -0.556. The highest BCUT2D eigenvalue weighted by Crippen LogP contribution is 2.37. The van der Waals surface area contributed by atoms with Gasteiger partial charge in [-0.05, 0) is 66.9 Å². The van der Waals surface area contributed by atoms with Crippen LogP contribution >= 0.6 is 11.3 Å². The fourth-order valence-corrected chi connectivity index (χ4v) is 5.61. The Balaban J connectivity index is 1.08. The molecule has 0 bridgehead atoms. The molecule has 4 aromatic rings. The SMILES string of the molecule is O=C(Nc1ccc(N2CCC[C@@H]2c2csc(NC(=O)c3cccn3Cc3ccnc(F)c3)n2)cc1)OC1COC1. The Kier molecular flexibility index (Phi) is 7.43. The van der Waals surface area contributed by atoms with Gasteiger partial charge in [0, 0.05) is 42.2 Å². The van der Waals surface area contributed by atoms with Gasteiger partial charge in [-0.1, -0.05) is 0 Å². The Labute approximate surface area is 233 Å². The number of amides is 2. The van der Waals surface area contributed by atoms with Crippen molar-refractivity contribution in [2.45, 2.75) is 31.5 Å². The summed E-state index contributed by atoms with van der Waals surface area (Å²) in [6.45, 7) is 2.10. The van der Waals surface area contributed by atoms with E-state index in [4.69, 9.17) is 14.5 Å². The predicted molar refractivity (Wildman–Crippen MR) is 148 cm³/mol. The van der Waals surface area contributed by atoms with Gasteiger partial charge in [-0.25, -0.2) is 14.8 Å². The molecule has 1 aromatic carbocycles. The minimum Gasteiger partial charge on any atom is -0.441 e. The summed E-state index contributed by atoms with van der Waals surface area (Å²) in [5.41, 5.74) is 3.74. The summed E-state index contributed by atoms with van der Waals surface area (Å²) in [5, 5.41) is 8.16. The Morgan fingerprint density at radius 1 is 1.15 bits per heavy atom. The van der Waals surface area contributed by atoms with Crippen molar-refractivity contribution in [1.82, 2.24) is 14.5 Å². The average Bonchev–Trinajstić information content (AvgIpc) is 3.68. The molecule has 6 rings (SSSR count). The van der Waals surface area contributed by atoms with E-state index in [-0.39, 0.29) is 18.1 Å². The van der Waals surface area contributed by atoms with Gasteiger partial charge in [-0.15, -0.1) is 11.3 Å². The molecule has 0 saturated carbocycles. The minimum absolute atomic E-state index is 0.0785. The molecule has 2 aliphatic heterocycles. The molecule has 2 saturated heterocycles. The van der Waals surface area contributed by atoms with E-state index < -0.39 is 12.0 Å². The van der Waals surface area contributed by atoms with Crippen molar-refractivity contribution in [1.29, 1.82) is 0 Å². The van der Waals surface area contributed by atoms with Gasteiger partial charge in [0.05, 0.1) is 24.9 Å². The molecule has 3 aromatic heterocycles. The number of thiazole rings is 1. The summed E-state index contributed by atoms with van der Waals surface area (Å²) in [7, 11) is 0. The molecule has 40 heavy (non-hydrogen) atoms. The van der Waals surface area contributed by atoms with Gasteiger partial charge in [0.2, 0.25) is 5.95 Å². The highest BCUT2D eigenvalue weighted by molar-refractivity contribution is 7.14. The lowest BCUT2D eigenvalue weighted by Gasteiger charge is -2.26. The van der Waals surface area contributed by atoms with Crippen LogP contribution in [0.5, 0.6) is 0 Å². The fourth-order valence-electron chi connectivity index (χ4n) is 4.85. The van der Waals surface area contributed by atoms with Crippen molar-refractivity contribution in [2.75, 3.05) is 35.3 Å². The second-order valence-corrected chi connectivity index (χ2v) is 10.5. The van der Waals surface area contributed by atoms with Gasteiger partial charge in [0.1, 0.15) is 5.69 Å². The zero-order chi connectivity index (χ0) is 27.5. The summed E-state index contributed by atoms with van der Waals surface area (Å²) in [6.07, 6.45) is 4.48. The number of hydrogen-bond donors (Lipinski definition) is 2. The van der Waals surface area contributed by atoms with Gasteiger partial charge in [-0.3, -0.25) is 15.4 Å². The number of ether oxygens (including phenoxy) is 2. The van der Waals surface area contributed by atoms with Crippen LogP contribution in [-0.4, -0.2) is 52.4 Å². The lowest BCUT2D eigenvalue weighted by Crippen LogP contribution is -2.38. The van der Waals surface area contributed by atoms with Crippen molar-refractivity contribution >= 4 is 39.8 Å². The Hall–Kier alpha value is -4.29. The van der Waals surface area contributed by atoms with Crippen LogP contribution in [0.3, 0.4) is 0 Å². The maximum Gasteiger partial charge on any atom is 0.412 e. The molecule has 2 fully saturated rings. The van der Waals surface area contributed by atoms with Crippen LogP contribution in [0.25, 0.3) is 0 Å². The molecule has 0 aliphatic carbocycles. The number of halogens is 1. The van der Waals surface area contributed by atoms with Crippen molar-refractivity contribution in [3.05, 3.63) is 89.2 Å². The van der Waals surface area contributed by atoms with Gasteiger partial charge >= 0.3 is 6.09 Å². The molecule has 12 heteroatoms. The van der Waals surface area contributed by atoms with E-state index in [0.717, 1.165) is 30.8 Å². The first-order chi connectivity index (χ1) is 19.5. The van der Waals surface area contributed by atoms with Crippen molar-refractivity contribution in [3.8, 4) is 0 Å². The monoisotopic (exact) mass is 562 g/mol. The molecule has 1 atom stereocenters. The van der Waals surface area contributed by atoms with E-state index in [1.54, 1.807) is 29.0 Å². The number of rotatable bonds is 8. The molecule has 206 valence electrons. The van der Waals surface area contributed by atoms with Crippen molar-refractivity contribution < 1.29 is 23.5 Å². The summed E-state index contributed by atoms with van der Waals surface area (Å²) in [6, 6.07) is 14.3. The number of benzene rings is 1. The largest absolute Gasteiger partial charge is 0.441 e. The fraction of sp³-hybridized carbons (Fsp3) is 0.286. The van der Waals surface area contributed by atoms with Crippen LogP contribution in [0.1, 0.15) is 40.6 Å². The average molecular weight is 563 g/mol. The molecular formula is C28H27FN6O4S. The molecule has 2 N–H and O–H groups in total. The number of nitrogens with zero attached hydrogens (tertiary/aromatic N) is 4. The zero-order valence-corrected chi connectivity index (χ0v) is 22.3. The lowest BCUT2D eigenvalue weighted by atomic mass is 10.1. The number of aromatic nitrogens is 3. The third-order valence-corrected chi connectivity index (χ3v) is 7.65. The maximum atomic E-state index is 13.5. The van der Waals surface area contributed by atoms with E-state index in [9.17, 15) is 14.0 Å². The molecule has 2 aliphatic rings. The van der Waals surface area contributed by atoms with E-state index in [1.165, 1.54) is 23.6 Å². The second kappa shape index (κ2) is 11.4. The van der Waals surface area contributed by atoms with Crippen LogP contribution in [0.4, 0.5) is 25.7 Å². The van der Waals surface area contributed by atoms with E-state index in [2.05, 4.69) is 20.5 Å². The molecule has 0 radical (unpaired) electrons. The highest BCUT2D eigenvalue weighted by atomic mass is 32.1. The first-order valence-electron chi connectivity index (χ1n) is 13.0. The number of nitrogens with one attached hydrogen (secondary N) is 2. The predicted octanol–water partition coefficient (Wildman–Crippen LogP) is 5.07. The van der Waals surface area contributed by atoms with E-state index in [1.807, 2.05) is 29.6 Å². The third kappa shape index (κ3) is 5.82. The first-order valence-corrected chi connectivity index (χ1v) is 13.8. The summed E-state index contributed by atoms with van der Waals surface area (Å²) >= 11 is 1.38. The molecular weight excluding hydrogens is 535 g/mol. The number of pyridine rings is 1. The van der Waals surface area contributed by atoms with Crippen LogP contribution < -0.4 is 15.5 Å². The van der Waals surface area contributed by atoms with Gasteiger partial charge in [-0.2, -0.15) is 4.39 Å². The summed E-state index contributed by atoms with van der Waals surface area (Å²) < 4.78 is 25.5. The third-order valence-electron chi connectivity index (χ3n) is 6.87. The van der Waals surface area contributed by atoms with Gasteiger partial charge in [0.25, 0.3) is 5.91 Å². The smallest absolute Gasteiger partial charge is 0.412 e. The highest BCUT2D eigenvalue weighted by Gasteiger charge is 2.29. The van der Waals surface area contributed by atoms with Gasteiger partial charge in [0.15, 0.2) is 11.2 Å². The number of anilines is 3. The Morgan fingerprint density at radius 3 is 2.77 bits per heavy atom. The van der Waals surface area contributed by atoms with Crippen molar-refractivity contribution in [2.24, 2.45) is 0 Å². The first kappa shape index (κ1) is 26.0. The number of carbonyl (C=O) groups excluding carboxylic acids is 2. The number of carbonyl (C=O) groups is 2. The quantitative estimate of drug-likeness (QED) is 0.289. The van der Waals surface area contributed by atoms with E-state index in [0.29, 0.717) is 41.8 Å². The molecule has 10 nitrogen and oxygen atoms in total. The Morgan fingerprint density at radius 2 is 2.00 bits per heavy atom. The standard InChI is InChI=1S/C28H27FN6O4S/c29-25-13-18(9-10-30-25)14-34-11-1-4-24(34)26(36)33-27-32-22(17-40-27)23-3-2-12-35(23)20-7-5-19(6-8-20)31-28(37)39-21-15-38-16-21/h1,4-11,13,17,21,23H,2-3,12,14-16H2,(H,31,37)(H,32,33,36)/t23-/m1/s1. The molecule has 5 heterocycles. The molecule has 2 amide bonds. The molecule has 0 unspecified atom stereocenters. The zero-order valence-electron chi connectivity index (χ0n) is 21.5. The number of hydrogen-bond acceptors (Lipinski definition) is 8. The normalized spacial score (nSPS) is 16.9. The van der Waals surface area contributed by atoms with Crippen molar-refractivity contribution in [3.63, 3.8) is 0 Å². The van der Waals surface area contributed by atoms with Crippen LogP contribution in [0, 0.1) is 5.95 Å². The van der Waals surface area contributed by atoms with Crippen LogP contribution in [-0.2, 0) is 16.0 Å². The summed E-state index contributed by atoms with van der Waals surface area (Å²) in [5.74, 6) is -0.838. The topological polar surface area (TPSA) is 111 Å². The van der Waals surface area contributed by atoms with Crippen LogP contribution in [0.2, 0.25) is 0 Å². The molecule has 0 spiro atoms. The maximum absolute atomic E-state index is 13.5. The van der Waals surface area contributed by atoms with E-state index >= 15 is 0 Å². The van der Waals surface area contributed by atoms with Crippen LogP contribution in [0.15, 0.2) is 66.3 Å². The Bertz CT molecular complexity index is 1500.